The molecule has 2 saturated heterocycles. The van der Waals surface area contributed by atoms with Crippen LogP contribution in [0.15, 0.2) is 60.7 Å². The van der Waals surface area contributed by atoms with Gasteiger partial charge in [0.25, 0.3) is 0 Å². The number of aromatic nitrogens is 1. The first-order valence-corrected chi connectivity index (χ1v) is 11.7. The van der Waals surface area contributed by atoms with Gasteiger partial charge < -0.3 is 10.1 Å². The van der Waals surface area contributed by atoms with Crippen LogP contribution in [0.25, 0.3) is 10.9 Å². The molecule has 0 radical (unpaired) electrons. The van der Waals surface area contributed by atoms with Crippen LogP contribution in [0.5, 0.6) is 5.75 Å². The Hall–Kier alpha value is -2.92. The van der Waals surface area contributed by atoms with E-state index in [0.29, 0.717) is 18.5 Å². The van der Waals surface area contributed by atoms with Gasteiger partial charge in [-0.25, -0.2) is 4.98 Å². The quantitative estimate of drug-likeness (QED) is 0.649. The Morgan fingerprint density at radius 2 is 1.94 bits per heavy atom. The van der Waals surface area contributed by atoms with Crippen LogP contribution < -0.4 is 10.1 Å². The van der Waals surface area contributed by atoms with Crippen LogP contribution in [0, 0.1) is 0 Å². The Labute approximate surface area is 189 Å². The highest BCUT2D eigenvalue weighted by atomic mass is 16.5. The van der Waals surface area contributed by atoms with Gasteiger partial charge in [-0.05, 0) is 43.4 Å². The minimum absolute atomic E-state index is 0.202. The van der Waals surface area contributed by atoms with E-state index in [1.165, 1.54) is 5.56 Å². The molecule has 3 heterocycles. The van der Waals surface area contributed by atoms with Crippen molar-refractivity contribution < 1.29 is 9.53 Å². The molecule has 5 nitrogen and oxygen atoms in total. The minimum Gasteiger partial charge on any atom is -0.494 e. The largest absolute Gasteiger partial charge is 0.494 e. The second-order valence-electron chi connectivity index (χ2n) is 9.07. The number of methoxy groups -OCH3 is 1. The van der Waals surface area contributed by atoms with Crippen LogP contribution >= 0.6 is 0 Å². The van der Waals surface area contributed by atoms with Crippen LogP contribution in [-0.2, 0) is 17.8 Å². The minimum atomic E-state index is 0.202. The van der Waals surface area contributed by atoms with E-state index in [2.05, 4.69) is 58.7 Å². The van der Waals surface area contributed by atoms with E-state index in [9.17, 15) is 4.79 Å². The molecule has 5 rings (SSSR count). The number of nitrogens with zero attached hydrogens (tertiary/aromatic N) is 2. The van der Waals surface area contributed by atoms with Crippen molar-refractivity contribution in [2.45, 2.75) is 63.2 Å². The van der Waals surface area contributed by atoms with Crippen LogP contribution in [0.4, 0.5) is 0 Å². The fourth-order valence-corrected chi connectivity index (χ4v) is 5.46. The first kappa shape index (κ1) is 21.0. The predicted molar refractivity (Wildman–Crippen MR) is 127 cm³/mol. The van der Waals surface area contributed by atoms with Crippen molar-refractivity contribution in [1.82, 2.24) is 15.2 Å². The van der Waals surface area contributed by atoms with Crippen molar-refractivity contribution in [1.29, 1.82) is 0 Å². The molecule has 5 heteroatoms. The molecule has 3 atom stereocenters. The van der Waals surface area contributed by atoms with Gasteiger partial charge >= 0.3 is 0 Å². The first-order valence-electron chi connectivity index (χ1n) is 11.7. The van der Waals surface area contributed by atoms with E-state index in [-0.39, 0.29) is 11.9 Å². The third kappa shape index (κ3) is 4.35. The molecule has 0 bridgehead atoms. The van der Waals surface area contributed by atoms with Crippen molar-refractivity contribution in [3.05, 3.63) is 71.9 Å². The number of carbonyl (C=O) groups is 1. The van der Waals surface area contributed by atoms with Crippen LogP contribution in [0.1, 0.15) is 43.4 Å². The third-order valence-corrected chi connectivity index (χ3v) is 7.01. The standard InChI is InChI=1S/C27H31N3O2/c1-32-25-12-7-10-20-14-15-21(28-27(20)25)18-30-22(16-19-8-3-2-4-9-19)17-23-24(30)11-5-6-13-26(31)29-23/h2-4,7-10,12,14-15,22-24H,5-6,11,13,16-18H2,1H3,(H,29,31)/t22-,23+,24-/m1/s1. The number of fused-ring (bicyclic) bond motifs is 2. The number of nitrogens with one attached hydrogen (secondary N) is 1. The third-order valence-electron chi connectivity index (χ3n) is 7.01. The van der Waals surface area contributed by atoms with Gasteiger partial charge in [-0.3, -0.25) is 9.69 Å². The van der Waals surface area contributed by atoms with Gasteiger partial charge in [0, 0.05) is 36.5 Å². The molecule has 2 aliphatic heterocycles. The lowest BCUT2D eigenvalue weighted by atomic mass is 9.97. The number of carbonyl (C=O) groups excluding carboxylic acids is 1. The molecule has 1 aromatic heterocycles. The van der Waals surface area contributed by atoms with Gasteiger partial charge in [0.1, 0.15) is 11.3 Å². The van der Waals surface area contributed by atoms with Crippen LogP contribution in [-0.4, -0.2) is 41.0 Å². The average molecular weight is 430 g/mol. The molecule has 2 fully saturated rings. The SMILES string of the molecule is COc1cccc2ccc(CN3[C@H](Cc4ccccc4)C[C@@H]4NC(=O)CCCC[C@H]43)nc12. The van der Waals surface area contributed by atoms with E-state index in [1.54, 1.807) is 7.11 Å². The fourth-order valence-electron chi connectivity index (χ4n) is 5.46. The maximum absolute atomic E-state index is 12.4. The predicted octanol–water partition coefficient (Wildman–Crippen LogP) is 4.49. The van der Waals surface area contributed by atoms with E-state index in [0.717, 1.165) is 61.0 Å². The second kappa shape index (κ2) is 9.29. The summed E-state index contributed by atoms with van der Waals surface area (Å²) in [6.45, 7) is 0.780. The lowest BCUT2D eigenvalue weighted by Gasteiger charge is -2.32. The molecule has 2 aliphatic rings. The van der Waals surface area contributed by atoms with E-state index < -0.39 is 0 Å². The van der Waals surface area contributed by atoms with Gasteiger partial charge in [0.2, 0.25) is 5.91 Å². The smallest absolute Gasteiger partial charge is 0.220 e. The monoisotopic (exact) mass is 429 g/mol. The molecule has 1 amide bonds. The summed E-state index contributed by atoms with van der Waals surface area (Å²) in [5, 5.41) is 4.43. The molecule has 2 aromatic carbocycles. The topological polar surface area (TPSA) is 54.5 Å². The Morgan fingerprint density at radius 1 is 1.06 bits per heavy atom. The number of pyridine rings is 1. The Balaban J connectivity index is 1.46. The second-order valence-corrected chi connectivity index (χ2v) is 9.07. The van der Waals surface area contributed by atoms with Gasteiger partial charge in [-0.2, -0.15) is 0 Å². The molecule has 0 unspecified atom stereocenters. The van der Waals surface area contributed by atoms with Crippen molar-refractivity contribution >= 4 is 16.8 Å². The molecule has 32 heavy (non-hydrogen) atoms. The first-order chi connectivity index (χ1) is 15.7. The number of benzene rings is 2. The summed E-state index contributed by atoms with van der Waals surface area (Å²) < 4.78 is 5.56. The molecule has 3 aromatic rings. The average Bonchev–Trinajstić information content (AvgIpc) is 3.10. The van der Waals surface area contributed by atoms with Crippen LogP contribution in [0.3, 0.4) is 0 Å². The number of para-hydroxylation sites is 1. The van der Waals surface area contributed by atoms with E-state index >= 15 is 0 Å². The Morgan fingerprint density at radius 3 is 2.78 bits per heavy atom. The van der Waals surface area contributed by atoms with E-state index in [4.69, 9.17) is 9.72 Å². The molecule has 166 valence electrons. The molecular weight excluding hydrogens is 398 g/mol. The number of rotatable bonds is 5. The molecule has 0 aliphatic carbocycles. The van der Waals surface area contributed by atoms with Crippen molar-refractivity contribution in [2.24, 2.45) is 0 Å². The molecule has 1 N–H and O–H groups in total. The summed E-state index contributed by atoms with van der Waals surface area (Å²) in [6.07, 6.45) is 5.81. The maximum Gasteiger partial charge on any atom is 0.220 e. The Bertz CT molecular complexity index is 1080. The van der Waals surface area contributed by atoms with Gasteiger partial charge in [-0.1, -0.05) is 55.0 Å². The summed E-state index contributed by atoms with van der Waals surface area (Å²) >= 11 is 0. The summed E-state index contributed by atoms with van der Waals surface area (Å²) in [5.74, 6) is 1.01. The lowest BCUT2D eigenvalue weighted by Crippen LogP contribution is -2.46. The van der Waals surface area contributed by atoms with Gasteiger partial charge in [-0.15, -0.1) is 0 Å². The zero-order valence-electron chi connectivity index (χ0n) is 18.7. The van der Waals surface area contributed by atoms with Crippen molar-refractivity contribution in [2.75, 3.05) is 7.11 Å². The Kier molecular flexibility index (Phi) is 6.08. The number of hydrogen-bond donors (Lipinski definition) is 1. The summed E-state index contributed by atoms with van der Waals surface area (Å²) in [5.41, 5.74) is 3.30. The lowest BCUT2D eigenvalue weighted by molar-refractivity contribution is -0.122. The summed E-state index contributed by atoms with van der Waals surface area (Å²) in [7, 11) is 1.70. The number of hydrogen-bond acceptors (Lipinski definition) is 4. The fraction of sp³-hybridized carbons (Fsp3) is 0.407. The zero-order valence-corrected chi connectivity index (χ0v) is 18.7. The van der Waals surface area contributed by atoms with Gasteiger partial charge in [0.05, 0.1) is 12.8 Å². The number of amides is 1. The van der Waals surface area contributed by atoms with Crippen molar-refractivity contribution in [3.8, 4) is 5.75 Å². The van der Waals surface area contributed by atoms with E-state index in [1.807, 2.05) is 12.1 Å². The summed E-state index contributed by atoms with van der Waals surface area (Å²) in [6, 6.07) is 21.9. The number of ether oxygens (including phenoxy) is 1. The van der Waals surface area contributed by atoms with Crippen molar-refractivity contribution in [3.63, 3.8) is 0 Å². The van der Waals surface area contributed by atoms with Crippen LogP contribution in [0.2, 0.25) is 0 Å². The highest BCUT2D eigenvalue weighted by Gasteiger charge is 2.42. The normalized spacial score (nSPS) is 23.9. The summed E-state index contributed by atoms with van der Waals surface area (Å²) in [4.78, 5) is 20.0. The molecule has 0 spiro atoms. The highest BCUT2D eigenvalue weighted by molar-refractivity contribution is 5.84. The zero-order chi connectivity index (χ0) is 21.9. The van der Waals surface area contributed by atoms with Gasteiger partial charge in [0.15, 0.2) is 0 Å². The molecule has 0 saturated carbocycles. The molecular formula is C27H31N3O2. The number of likely N-dealkylation sites (tertiary alicyclic amines) is 1. The maximum atomic E-state index is 12.4. The highest BCUT2D eigenvalue weighted by Crippen LogP contribution is 2.33.